The average Bonchev–Trinajstić information content (AvgIpc) is 2.50. The minimum atomic E-state index is 0.0418. The van der Waals surface area contributed by atoms with Crippen LogP contribution in [0.25, 0.3) is 0 Å². The number of ether oxygens (including phenoxy) is 1. The predicted octanol–water partition coefficient (Wildman–Crippen LogP) is 2.07. The molecule has 0 bridgehead atoms. The first kappa shape index (κ1) is 16.9. The number of carbonyl (C=O) groups excluding carboxylic acids is 1. The molecule has 0 amide bonds. The van der Waals surface area contributed by atoms with Crippen molar-refractivity contribution >= 4 is 28.9 Å². The lowest BCUT2D eigenvalue weighted by Crippen LogP contribution is -2.53. The Hall–Kier alpha value is -1.50. The third-order valence-electron chi connectivity index (χ3n) is 3.71. The summed E-state index contributed by atoms with van der Waals surface area (Å²) in [5, 5.41) is 7.28. The monoisotopic (exact) mass is 325 g/mol. The zero-order chi connectivity index (χ0) is 16.3. The second-order valence-electron chi connectivity index (χ2n) is 5.27. The fourth-order valence-corrected chi connectivity index (χ4v) is 3.03. The van der Waals surface area contributed by atoms with Crippen LogP contribution in [0.1, 0.15) is 30.6 Å². The van der Waals surface area contributed by atoms with Crippen LogP contribution in [0.15, 0.2) is 17.3 Å². The molecule has 1 saturated heterocycles. The van der Waals surface area contributed by atoms with Gasteiger partial charge < -0.3 is 14.7 Å². The zero-order valence-corrected chi connectivity index (χ0v) is 13.7. The van der Waals surface area contributed by atoms with Gasteiger partial charge in [-0.15, -0.1) is 0 Å². The van der Waals surface area contributed by atoms with E-state index in [-0.39, 0.29) is 23.0 Å². The van der Waals surface area contributed by atoms with Crippen molar-refractivity contribution in [2.24, 2.45) is 4.99 Å². The van der Waals surface area contributed by atoms with Crippen LogP contribution in [-0.4, -0.2) is 59.0 Å². The van der Waals surface area contributed by atoms with Crippen molar-refractivity contribution in [3.8, 4) is 0 Å². The average molecular weight is 326 g/mol. The van der Waals surface area contributed by atoms with Crippen LogP contribution in [-0.2, 0) is 4.74 Å². The fraction of sp³-hybridized carbons (Fsp3) is 0.533. The highest BCUT2D eigenvalue weighted by Gasteiger charge is 2.32. The number of pyridine rings is 1. The van der Waals surface area contributed by atoms with E-state index in [1.54, 1.807) is 12.3 Å². The van der Waals surface area contributed by atoms with Gasteiger partial charge in [0.05, 0.1) is 31.7 Å². The molecule has 7 heteroatoms. The molecule has 120 valence electrons. The SMILES string of the molecule is CC1COCC(C)N1C1=Nc2c(ccnc2Cl)C(=O)C1.CO. The van der Waals surface area contributed by atoms with Crippen molar-refractivity contribution in [2.45, 2.75) is 32.4 Å². The van der Waals surface area contributed by atoms with E-state index in [1.807, 2.05) is 0 Å². The van der Waals surface area contributed by atoms with Crippen LogP contribution >= 0.6 is 11.6 Å². The minimum Gasteiger partial charge on any atom is -0.400 e. The van der Waals surface area contributed by atoms with Gasteiger partial charge in [-0.2, -0.15) is 0 Å². The molecule has 0 aromatic carbocycles. The molecule has 2 aliphatic rings. The van der Waals surface area contributed by atoms with E-state index >= 15 is 0 Å². The second kappa shape index (κ2) is 7.17. The van der Waals surface area contributed by atoms with Crippen LogP contribution in [0.2, 0.25) is 5.15 Å². The van der Waals surface area contributed by atoms with Gasteiger partial charge in [0.15, 0.2) is 10.9 Å². The second-order valence-corrected chi connectivity index (χ2v) is 5.63. The number of aromatic nitrogens is 1. The molecule has 1 N–H and O–H groups in total. The topological polar surface area (TPSA) is 75.0 Å². The van der Waals surface area contributed by atoms with Crippen molar-refractivity contribution in [2.75, 3.05) is 20.3 Å². The molecule has 2 aliphatic heterocycles. The van der Waals surface area contributed by atoms with Gasteiger partial charge >= 0.3 is 0 Å². The number of amidine groups is 1. The highest BCUT2D eigenvalue weighted by atomic mass is 35.5. The van der Waals surface area contributed by atoms with Crippen LogP contribution in [0.4, 0.5) is 5.69 Å². The highest BCUT2D eigenvalue weighted by molar-refractivity contribution is 6.33. The molecular formula is C15H20ClN3O3. The molecule has 6 nitrogen and oxygen atoms in total. The quantitative estimate of drug-likeness (QED) is 0.739. The van der Waals surface area contributed by atoms with E-state index in [2.05, 4.69) is 28.7 Å². The van der Waals surface area contributed by atoms with Gasteiger partial charge in [0.1, 0.15) is 11.5 Å². The fourth-order valence-electron chi connectivity index (χ4n) is 2.83. The summed E-state index contributed by atoms with van der Waals surface area (Å²) in [5.74, 6) is 0.806. The van der Waals surface area contributed by atoms with Gasteiger partial charge in [0.2, 0.25) is 0 Å². The number of rotatable bonds is 0. The van der Waals surface area contributed by atoms with E-state index in [4.69, 9.17) is 21.4 Å². The number of ketones is 1. The standard InChI is InChI=1S/C14H16ClN3O2.CH4O/c1-8-6-20-7-9(2)18(8)12-5-11(19)10-3-4-16-14(15)13(10)17-12;1-2/h3-4,8-9H,5-7H2,1-2H3;2H,1H3. The molecule has 2 unspecified atom stereocenters. The summed E-state index contributed by atoms with van der Waals surface area (Å²) in [7, 11) is 1.00. The predicted molar refractivity (Wildman–Crippen MR) is 85.0 cm³/mol. The molecule has 1 aromatic rings. The van der Waals surface area contributed by atoms with E-state index in [0.717, 1.165) is 12.9 Å². The van der Waals surface area contributed by atoms with Crippen LogP contribution in [0.3, 0.4) is 0 Å². The van der Waals surface area contributed by atoms with E-state index in [0.29, 0.717) is 30.9 Å². The van der Waals surface area contributed by atoms with Gasteiger partial charge in [0.25, 0.3) is 0 Å². The number of aliphatic hydroxyl groups is 1. The summed E-state index contributed by atoms with van der Waals surface area (Å²) in [6, 6.07) is 2.07. The number of aliphatic hydroxyl groups excluding tert-OH is 1. The maximum Gasteiger partial charge on any atom is 0.172 e. The summed E-state index contributed by atoms with van der Waals surface area (Å²) in [4.78, 5) is 23.0. The van der Waals surface area contributed by atoms with E-state index in [9.17, 15) is 4.79 Å². The summed E-state index contributed by atoms with van der Waals surface area (Å²) < 4.78 is 5.52. The molecule has 0 radical (unpaired) electrons. The third kappa shape index (κ3) is 3.14. The normalized spacial score (nSPS) is 24.1. The lowest BCUT2D eigenvalue weighted by atomic mass is 10.0. The van der Waals surface area contributed by atoms with Gasteiger partial charge in [0, 0.05) is 18.9 Å². The number of halogens is 1. The number of carbonyl (C=O) groups is 1. The molecule has 0 aliphatic carbocycles. The first-order valence-electron chi connectivity index (χ1n) is 7.14. The van der Waals surface area contributed by atoms with E-state index in [1.165, 1.54) is 0 Å². The molecule has 0 saturated carbocycles. The first-order chi connectivity index (χ1) is 10.6. The van der Waals surface area contributed by atoms with Crippen molar-refractivity contribution in [3.63, 3.8) is 0 Å². The largest absolute Gasteiger partial charge is 0.400 e. The molecule has 0 spiro atoms. The van der Waals surface area contributed by atoms with Crippen molar-refractivity contribution in [1.29, 1.82) is 0 Å². The van der Waals surface area contributed by atoms with Gasteiger partial charge in [-0.3, -0.25) is 4.79 Å². The number of hydrogen-bond donors (Lipinski definition) is 1. The Labute approximate surface area is 134 Å². The maximum atomic E-state index is 12.3. The molecule has 22 heavy (non-hydrogen) atoms. The van der Waals surface area contributed by atoms with Crippen LogP contribution < -0.4 is 0 Å². The summed E-state index contributed by atoms with van der Waals surface area (Å²) in [5.41, 5.74) is 1.05. The Bertz CT molecular complexity index is 581. The van der Waals surface area contributed by atoms with Gasteiger partial charge in [-0.05, 0) is 19.9 Å². The number of aliphatic imine (C=N–C) groups is 1. The number of hydrogen-bond acceptors (Lipinski definition) is 6. The molecular weight excluding hydrogens is 306 g/mol. The Morgan fingerprint density at radius 2 is 1.95 bits per heavy atom. The Kier molecular flexibility index (Phi) is 5.50. The molecule has 3 heterocycles. The molecule has 3 rings (SSSR count). The lowest BCUT2D eigenvalue weighted by molar-refractivity contribution is -0.00156. The molecule has 2 atom stereocenters. The number of morpholine rings is 1. The number of nitrogens with zero attached hydrogens (tertiary/aromatic N) is 3. The Morgan fingerprint density at radius 3 is 2.59 bits per heavy atom. The summed E-state index contributed by atoms with van der Waals surface area (Å²) in [6.45, 7) is 5.43. The highest BCUT2D eigenvalue weighted by Crippen LogP contribution is 2.33. The number of Topliss-reactive ketones (excluding diaryl/α,β-unsaturated/α-hetero) is 1. The van der Waals surface area contributed by atoms with Crippen molar-refractivity contribution in [3.05, 3.63) is 23.0 Å². The van der Waals surface area contributed by atoms with Crippen molar-refractivity contribution in [1.82, 2.24) is 9.88 Å². The molecule has 1 fully saturated rings. The summed E-state index contributed by atoms with van der Waals surface area (Å²) in [6.07, 6.45) is 1.85. The lowest BCUT2D eigenvalue weighted by Gasteiger charge is -2.41. The van der Waals surface area contributed by atoms with Gasteiger partial charge in [-0.1, -0.05) is 11.6 Å². The summed E-state index contributed by atoms with van der Waals surface area (Å²) >= 11 is 6.07. The smallest absolute Gasteiger partial charge is 0.172 e. The van der Waals surface area contributed by atoms with E-state index < -0.39 is 0 Å². The maximum absolute atomic E-state index is 12.3. The van der Waals surface area contributed by atoms with Crippen molar-refractivity contribution < 1.29 is 14.6 Å². The third-order valence-corrected chi connectivity index (χ3v) is 3.98. The van der Waals surface area contributed by atoms with Gasteiger partial charge in [-0.25, -0.2) is 9.98 Å². The molecule has 1 aromatic heterocycles. The Morgan fingerprint density at radius 1 is 1.32 bits per heavy atom. The van der Waals surface area contributed by atoms with Crippen LogP contribution in [0.5, 0.6) is 0 Å². The minimum absolute atomic E-state index is 0.0418. The first-order valence-corrected chi connectivity index (χ1v) is 7.51. The van der Waals surface area contributed by atoms with Crippen LogP contribution in [0, 0.1) is 0 Å². The number of fused-ring (bicyclic) bond motifs is 1. The Balaban J connectivity index is 0.000000847. The zero-order valence-electron chi connectivity index (χ0n) is 12.9.